The van der Waals surface area contributed by atoms with Gasteiger partial charge in [0, 0.05) is 11.6 Å². The third-order valence-electron chi connectivity index (χ3n) is 3.77. The Morgan fingerprint density at radius 2 is 1.92 bits per heavy atom. The lowest BCUT2D eigenvalue weighted by Gasteiger charge is -2.15. The summed E-state index contributed by atoms with van der Waals surface area (Å²) in [5, 5.41) is 11.1. The lowest BCUT2D eigenvalue weighted by Crippen LogP contribution is -2.15. The van der Waals surface area contributed by atoms with Crippen molar-refractivity contribution in [1.82, 2.24) is 0 Å². The van der Waals surface area contributed by atoms with Crippen LogP contribution in [-0.2, 0) is 16.4 Å². The Kier molecular flexibility index (Phi) is 5.15. The molecule has 2 aromatic rings. The maximum atomic E-state index is 12.7. The SMILES string of the molecule is CCc1cccc(C)c1NS(=O)(=O)c1cc(Cl)c(C)c([N+](=O)[O-])c1. The third kappa shape index (κ3) is 3.52. The fourth-order valence-electron chi connectivity index (χ4n) is 2.35. The number of nitro groups is 1. The molecule has 128 valence electrons. The molecule has 2 rings (SSSR count). The second kappa shape index (κ2) is 6.78. The molecule has 24 heavy (non-hydrogen) atoms. The van der Waals surface area contributed by atoms with Gasteiger partial charge in [0.05, 0.1) is 20.5 Å². The number of para-hydroxylation sites is 1. The normalized spacial score (nSPS) is 11.3. The maximum Gasteiger partial charge on any atom is 0.275 e. The molecule has 0 aliphatic rings. The van der Waals surface area contributed by atoms with Crippen molar-refractivity contribution in [1.29, 1.82) is 0 Å². The molecule has 0 aromatic heterocycles. The lowest BCUT2D eigenvalue weighted by atomic mass is 10.1. The maximum absolute atomic E-state index is 12.7. The monoisotopic (exact) mass is 368 g/mol. The summed E-state index contributed by atoms with van der Waals surface area (Å²) in [4.78, 5) is 10.2. The summed E-state index contributed by atoms with van der Waals surface area (Å²) in [5.41, 5.74) is 1.99. The van der Waals surface area contributed by atoms with E-state index in [0.29, 0.717) is 12.1 Å². The molecule has 0 spiro atoms. The minimum Gasteiger partial charge on any atom is -0.279 e. The molecule has 2 aromatic carbocycles. The molecule has 0 aliphatic heterocycles. The van der Waals surface area contributed by atoms with Crippen LogP contribution in [0.3, 0.4) is 0 Å². The topological polar surface area (TPSA) is 89.3 Å². The largest absolute Gasteiger partial charge is 0.279 e. The molecule has 0 amide bonds. The number of nitro benzene ring substituents is 1. The van der Waals surface area contributed by atoms with Crippen molar-refractivity contribution < 1.29 is 13.3 Å². The van der Waals surface area contributed by atoms with Gasteiger partial charge < -0.3 is 0 Å². The summed E-state index contributed by atoms with van der Waals surface area (Å²) in [6.45, 7) is 5.18. The van der Waals surface area contributed by atoms with Crippen molar-refractivity contribution in [2.24, 2.45) is 0 Å². The number of benzene rings is 2. The molecule has 0 fully saturated rings. The van der Waals surface area contributed by atoms with Gasteiger partial charge in [-0.05, 0) is 37.5 Å². The van der Waals surface area contributed by atoms with Crippen LogP contribution in [-0.4, -0.2) is 13.3 Å². The molecule has 6 nitrogen and oxygen atoms in total. The molecule has 0 heterocycles. The quantitative estimate of drug-likeness (QED) is 0.631. The van der Waals surface area contributed by atoms with E-state index in [1.54, 1.807) is 13.0 Å². The number of nitrogens with one attached hydrogen (secondary N) is 1. The molecule has 0 radical (unpaired) electrons. The Hall–Kier alpha value is -2.12. The highest BCUT2D eigenvalue weighted by molar-refractivity contribution is 7.92. The molecule has 0 saturated heterocycles. The van der Waals surface area contributed by atoms with Crippen LogP contribution in [0, 0.1) is 24.0 Å². The van der Waals surface area contributed by atoms with E-state index >= 15 is 0 Å². The molecule has 0 atom stereocenters. The van der Waals surface area contributed by atoms with Gasteiger partial charge in [0.1, 0.15) is 0 Å². The predicted molar refractivity (Wildman–Crippen MR) is 94.2 cm³/mol. The van der Waals surface area contributed by atoms with Gasteiger partial charge in [-0.1, -0.05) is 36.7 Å². The fourth-order valence-corrected chi connectivity index (χ4v) is 3.84. The first-order chi connectivity index (χ1) is 11.2. The summed E-state index contributed by atoms with van der Waals surface area (Å²) < 4.78 is 27.9. The Balaban J connectivity index is 2.55. The minimum absolute atomic E-state index is 0.0325. The molecule has 1 N–H and O–H groups in total. The van der Waals surface area contributed by atoms with Gasteiger partial charge in [-0.15, -0.1) is 0 Å². The third-order valence-corrected chi connectivity index (χ3v) is 5.50. The average molecular weight is 369 g/mol. The van der Waals surface area contributed by atoms with Crippen LogP contribution in [0.2, 0.25) is 5.02 Å². The predicted octanol–water partition coefficient (Wildman–Crippen LogP) is 4.23. The Labute approximate surface area is 145 Å². The number of nitrogens with zero attached hydrogens (tertiary/aromatic N) is 1. The van der Waals surface area contributed by atoms with Gasteiger partial charge in [0.2, 0.25) is 0 Å². The molecule has 0 bridgehead atoms. The minimum atomic E-state index is -4.00. The van der Waals surface area contributed by atoms with Gasteiger partial charge >= 0.3 is 0 Å². The van der Waals surface area contributed by atoms with E-state index in [1.165, 1.54) is 13.0 Å². The molecular weight excluding hydrogens is 352 g/mol. The van der Waals surface area contributed by atoms with Crippen molar-refractivity contribution in [3.05, 3.63) is 62.2 Å². The van der Waals surface area contributed by atoms with Crippen LogP contribution < -0.4 is 4.72 Å². The highest BCUT2D eigenvalue weighted by Gasteiger charge is 2.23. The smallest absolute Gasteiger partial charge is 0.275 e. The molecule has 0 aliphatic carbocycles. The Bertz CT molecular complexity index is 911. The van der Waals surface area contributed by atoms with Crippen LogP contribution in [0.25, 0.3) is 0 Å². The lowest BCUT2D eigenvalue weighted by molar-refractivity contribution is -0.385. The molecule has 0 saturated carbocycles. The van der Waals surface area contributed by atoms with E-state index in [0.717, 1.165) is 17.2 Å². The van der Waals surface area contributed by atoms with Crippen LogP contribution in [0.15, 0.2) is 35.2 Å². The zero-order chi connectivity index (χ0) is 18.1. The standard InChI is InChI=1S/C16H17ClN2O4S/c1-4-12-7-5-6-10(2)16(12)18-24(22,23)13-8-14(17)11(3)15(9-13)19(20)21/h5-9,18H,4H2,1-3H3. The molecular formula is C16H17ClN2O4S. The first-order valence-electron chi connectivity index (χ1n) is 7.23. The fraction of sp³-hybridized carbons (Fsp3) is 0.250. The van der Waals surface area contributed by atoms with Gasteiger partial charge in [-0.3, -0.25) is 14.8 Å². The van der Waals surface area contributed by atoms with Gasteiger partial charge in [0.25, 0.3) is 15.7 Å². The summed E-state index contributed by atoms with van der Waals surface area (Å²) in [6, 6.07) is 7.71. The highest BCUT2D eigenvalue weighted by atomic mass is 35.5. The van der Waals surface area contributed by atoms with Gasteiger partial charge in [-0.25, -0.2) is 8.42 Å². The number of aryl methyl sites for hydroxylation is 2. The number of halogens is 1. The first kappa shape index (κ1) is 18.2. The van der Waals surface area contributed by atoms with Crippen LogP contribution in [0.1, 0.15) is 23.6 Å². The first-order valence-corrected chi connectivity index (χ1v) is 9.09. The average Bonchev–Trinajstić information content (AvgIpc) is 2.51. The van der Waals surface area contributed by atoms with Crippen molar-refractivity contribution >= 4 is 33.0 Å². The van der Waals surface area contributed by atoms with Crippen molar-refractivity contribution in [3.8, 4) is 0 Å². The number of rotatable bonds is 5. The van der Waals surface area contributed by atoms with E-state index in [4.69, 9.17) is 11.6 Å². The molecule has 8 heteroatoms. The van der Waals surface area contributed by atoms with E-state index in [-0.39, 0.29) is 21.2 Å². The zero-order valence-corrected chi connectivity index (χ0v) is 15.0. The zero-order valence-electron chi connectivity index (χ0n) is 13.5. The second-order valence-electron chi connectivity index (χ2n) is 5.37. The van der Waals surface area contributed by atoms with E-state index in [9.17, 15) is 18.5 Å². The summed E-state index contributed by atoms with van der Waals surface area (Å²) in [7, 11) is -4.00. The van der Waals surface area contributed by atoms with E-state index < -0.39 is 14.9 Å². The van der Waals surface area contributed by atoms with Crippen LogP contribution in [0.4, 0.5) is 11.4 Å². The van der Waals surface area contributed by atoms with Crippen molar-refractivity contribution in [2.45, 2.75) is 32.1 Å². The molecule has 0 unspecified atom stereocenters. The number of hydrogen-bond donors (Lipinski definition) is 1. The summed E-state index contributed by atoms with van der Waals surface area (Å²) in [6.07, 6.45) is 0.647. The van der Waals surface area contributed by atoms with E-state index in [1.807, 2.05) is 19.1 Å². The van der Waals surface area contributed by atoms with Crippen molar-refractivity contribution in [3.63, 3.8) is 0 Å². The number of hydrogen-bond acceptors (Lipinski definition) is 4. The van der Waals surface area contributed by atoms with Gasteiger partial charge in [-0.2, -0.15) is 0 Å². The second-order valence-corrected chi connectivity index (χ2v) is 7.46. The number of sulfonamides is 1. The summed E-state index contributed by atoms with van der Waals surface area (Å²) >= 11 is 5.97. The summed E-state index contributed by atoms with van der Waals surface area (Å²) in [5.74, 6) is 0. The Morgan fingerprint density at radius 3 is 2.50 bits per heavy atom. The van der Waals surface area contributed by atoms with Crippen molar-refractivity contribution in [2.75, 3.05) is 4.72 Å². The van der Waals surface area contributed by atoms with E-state index in [2.05, 4.69) is 4.72 Å². The Morgan fingerprint density at radius 1 is 1.25 bits per heavy atom. The van der Waals surface area contributed by atoms with Crippen LogP contribution in [0.5, 0.6) is 0 Å². The van der Waals surface area contributed by atoms with Gasteiger partial charge in [0.15, 0.2) is 0 Å². The highest BCUT2D eigenvalue weighted by Crippen LogP contribution is 2.31. The van der Waals surface area contributed by atoms with Crippen LogP contribution >= 0.6 is 11.6 Å². The number of anilines is 1.